The van der Waals surface area contributed by atoms with Gasteiger partial charge in [-0.3, -0.25) is 4.98 Å². The molecule has 0 radical (unpaired) electrons. The van der Waals surface area contributed by atoms with E-state index >= 15 is 0 Å². The van der Waals surface area contributed by atoms with Crippen LogP contribution in [0.1, 0.15) is 29.7 Å². The summed E-state index contributed by atoms with van der Waals surface area (Å²) >= 11 is 5.94. The molecule has 1 aliphatic rings. The van der Waals surface area contributed by atoms with E-state index in [1.54, 1.807) is 18.2 Å². The highest BCUT2D eigenvalue weighted by Crippen LogP contribution is 2.30. The Morgan fingerprint density at radius 1 is 1.15 bits per heavy atom. The molecule has 27 heavy (non-hydrogen) atoms. The number of anilines is 1. The number of hydrogen-bond donors (Lipinski definition) is 0. The van der Waals surface area contributed by atoms with Crippen molar-refractivity contribution in [3.05, 3.63) is 64.3 Å². The molecular weight excluding hydrogens is 358 g/mol. The maximum atomic E-state index is 9.24. The Morgan fingerprint density at radius 2 is 1.96 bits per heavy atom. The van der Waals surface area contributed by atoms with Crippen LogP contribution in [0.25, 0.3) is 10.9 Å². The first kappa shape index (κ1) is 17.6. The van der Waals surface area contributed by atoms with Gasteiger partial charge in [0.15, 0.2) is 0 Å². The van der Waals surface area contributed by atoms with Gasteiger partial charge in [-0.15, -0.1) is 0 Å². The lowest BCUT2D eigenvalue weighted by Gasteiger charge is -2.20. The largest absolute Gasteiger partial charge is 0.488 e. The van der Waals surface area contributed by atoms with Gasteiger partial charge in [0.1, 0.15) is 18.4 Å². The topological polar surface area (TPSA) is 49.1 Å². The molecule has 2 heterocycles. The van der Waals surface area contributed by atoms with E-state index in [9.17, 15) is 5.26 Å². The fourth-order valence-corrected chi connectivity index (χ4v) is 3.74. The number of fused-ring (bicyclic) bond motifs is 1. The molecule has 136 valence electrons. The Morgan fingerprint density at radius 3 is 2.74 bits per heavy atom. The third-order valence-electron chi connectivity index (χ3n) is 4.88. The minimum atomic E-state index is 0.376. The van der Waals surface area contributed by atoms with Gasteiger partial charge in [0.25, 0.3) is 0 Å². The quantitative estimate of drug-likeness (QED) is 0.623. The maximum absolute atomic E-state index is 9.24. The first-order chi connectivity index (χ1) is 13.1. The lowest BCUT2D eigenvalue weighted by molar-refractivity contribution is 0.305. The number of benzene rings is 2. The number of aromatic nitrogens is 1. The van der Waals surface area contributed by atoms with Crippen LogP contribution in [0.4, 0.5) is 5.69 Å². The van der Waals surface area contributed by atoms with Crippen molar-refractivity contribution in [2.75, 3.05) is 18.0 Å². The number of rotatable bonds is 4. The van der Waals surface area contributed by atoms with Gasteiger partial charge in [-0.25, -0.2) is 0 Å². The number of aryl methyl sites for hydroxylation is 1. The van der Waals surface area contributed by atoms with E-state index in [2.05, 4.69) is 35.2 Å². The highest BCUT2D eigenvalue weighted by Gasteiger charge is 2.16. The van der Waals surface area contributed by atoms with Crippen molar-refractivity contribution in [1.29, 1.82) is 5.26 Å². The van der Waals surface area contributed by atoms with Gasteiger partial charge in [-0.2, -0.15) is 5.26 Å². The molecule has 0 N–H and O–H groups in total. The Balaban J connectivity index is 1.61. The summed E-state index contributed by atoms with van der Waals surface area (Å²) in [6.45, 7) is 4.63. The average Bonchev–Trinajstić information content (AvgIpc) is 3.20. The maximum Gasteiger partial charge on any atom is 0.137 e. The fraction of sp³-hybridized carbons (Fsp3) is 0.273. The van der Waals surface area contributed by atoms with Crippen molar-refractivity contribution in [3.63, 3.8) is 0 Å². The van der Waals surface area contributed by atoms with E-state index in [0.29, 0.717) is 22.9 Å². The number of hydrogen-bond acceptors (Lipinski definition) is 4. The lowest BCUT2D eigenvalue weighted by atomic mass is 10.1. The van der Waals surface area contributed by atoms with Crippen LogP contribution in [-0.4, -0.2) is 18.1 Å². The van der Waals surface area contributed by atoms with Crippen molar-refractivity contribution in [1.82, 2.24) is 4.98 Å². The molecule has 1 aromatic heterocycles. The standard InChI is InChI=1S/C22H20ClN3O/c1-15-10-21(26-8-2-3-9-26)19-6-4-16(11-20(19)25-15)14-27-22-7-5-18(23)12-17(22)13-24/h4-7,10-12H,2-3,8-9,14H2,1H3. The first-order valence-electron chi connectivity index (χ1n) is 9.12. The van der Waals surface area contributed by atoms with Crippen molar-refractivity contribution in [3.8, 4) is 11.8 Å². The minimum Gasteiger partial charge on any atom is -0.488 e. The Labute approximate surface area is 164 Å². The number of nitriles is 1. The van der Waals surface area contributed by atoms with E-state index in [-0.39, 0.29) is 0 Å². The van der Waals surface area contributed by atoms with Gasteiger partial charge < -0.3 is 9.64 Å². The van der Waals surface area contributed by atoms with Crippen molar-refractivity contribution >= 4 is 28.2 Å². The SMILES string of the molecule is Cc1cc(N2CCCC2)c2ccc(COc3ccc(Cl)cc3C#N)cc2n1. The second-order valence-corrected chi connectivity index (χ2v) is 7.31. The minimum absolute atomic E-state index is 0.376. The van der Waals surface area contributed by atoms with E-state index in [4.69, 9.17) is 21.3 Å². The number of halogens is 1. The molecule has 0 unspecified atom stereocenters. The predicted octanol–water partition coefficient (Wildman–Crippen LogP) is 5.25. The molecule has 0 bridgehead atoms. The Bertz CT molecular complexity index is 1040. The summed E-state index contributed by atoms with van der Waals surface area (Å²) in [6.07, 6.45) is 2.49. The molecule has 4 rings (SSSR count). The third-order valence-corrected chi connectivity index (χ3v) is 5.12. The molecule has 0 atom stereocenters. The molecule has 0 spiro atoms. The molecule has 4 nitrogen and oxygen atoms in total. The van der Waals surface area contributed by atoms with E-state index in [1.807, 2.05) is 6.92 Å². The molecule has 0 aliphatic carbocycles. The molecule has 3 aromatic rings. The summed E-state index contributed by atoms with van der Waals surface area (Å²) in [5.41, 5.74) is 4.73. The predicted molar refractivity (Wildman–Crippen MR) is 108 cm³/mol. The van der Waals surface area contributed by atoms with Crippen molar-refractivity contribution in [2.24, 2.45) is 0 Å². The highest BCUT2D eigenvalue weighted by atomic mass is 35.5. The average molecular weight is 378 g/mol. The van der Waals surface area contributed by atoms with E-state index < -0.39 is 0 Å². The van der Waals surface area contributed by atoms with Crippen LogP contribution in [0.2, 0.25) is 5.02 Å². The highest BCUT2D eigenvalue weighted by molar-refractivity contribution is 6.30. The van der Waals surface area contributed by atoms with Crippen molar-refractivity contribution < 1.29 is 4.74 Å². The molecule has 2 aromatic carbocycles. The lowest BCUT2D eigenvalue weighted by Crippen LogP contribution is -2.18. The Kier molecular flexibility index (Phi) is 4.87. The van der Waals surface area contributed by atoms with Crippen LogP contribution in [0.15, 0.2) is 42.5 Å². The van der Waals surface area contributed by atoms with Gasteiger partial charge in [-0.1, -0.05) is 23.7 Å². The molecule has 1 aliphatic heterocycles. The van der Waals surface area contributed by atoms with Crippen LogP contribution in [0.5, 0.6) is 5.75 Å². The van der Waals surface area contributed by atoms with Crippen LogP contribution >= 0.6 is 11.6 Å². The summed E-state index contributed by atoms with van der Waals surface area (Å²) in [4.78, 5) is 7.16. The summed E-state index contributed by atoms with van der Waals surface area (Å²) in [6, 6.07) is 15.6. The van der Waals surface area contributed by atoms with Crippen LogP contribution in [0.3, 0.4) is 0 Å². The summed E-state index contributed by atoms with van der Waals surface area (Å²) in [5, 5.41) is 10.9. The van der Waals surface area contributed by atoms with Gasteiger partial charge >= 0.3 is 0 Å². The second-order valence-electron chi connectivity index (χ2n) is 6.87. The van der Waals surface area contributed by atoms with Crippen LogP contribution in [0, 0.1) is 18.3 Å². The molecule has 5 heteroatoms. The summed E-state index contributed by atoms with van der Waals surface area (Å²) in [7, 11) is 0. The molecule has 1 saturated heterocycles. The van der Waals surface area contributed by atoms with Gasteiger partial charge in [0, 0.05) is 34.9 Å². The molecule has 0 saturated carbocycles. The Hall–Kier alpha value is -2.77. The monoisotopic (exact) mass is 377 g/mol. The number of ether oxygens (including phenoxy) is 1. The van der Waals surface area contributed by atoms with Gasteiger partial charge in [-0.05, 0) is 55.7 Å². The third kappa shape index (κ3) is 3.70. The number of pyridine rings is 1. The summed E-state index contributed by atoms with van der Waals surface area (Å²) < 4.78 is 5.86. The van der Waals surface area contributed by atoms with E-state index in [0.717, 1.165) is 29.9 Å². The molecule has 0 amide bonds. The van der Waals surface area contributed by atoms with Crippen LogP contribution < -0.4 is 9.64 Å². The molecule has 1 fully saturated rings. The smallest absolute Gasteiger partial charge is 0.137 e. The van der Waals surface area contributed by atoms with Gasteiger partial charge in [0.2, 0.25) is 0 Å². The van der Waals surface area contributed by atoms with Crippen molar-refractivity contribution in [2.45, 2.75) is 26.4 Å². The summed E-state index contributed by atoms with van der Waals surface area (Å²) in [5.74, 6) is 0.539. The van der Waals surface area contributed by atoms with Crippen LogP contribution in [-0.2, 0) is 6.61 Å². The normalized spacial score (nSPS) is 13.7. The second kappa shape index (κ2) is 7.46. The molecular formula is C22H20ClN3O. The first-order valence-corrected chi connectivity index (χ1v) is 9.49. The zero-order valence-corrected chi connectivity index (χ0v) is 16.0. The van der Waals surface area contributed by atoms with Gasteiger partial charge in [0.05, 0.1) is 11.1 Å². The zero-order chi connectivity index (χ0) is 18.8. The number of nitrogens with zero attached hydrogens (tertiary/aromatic N) is 3. The zero-order valence-electron chi connectivity index (χ0n) is 15.2. The fourth-order valence-electron chi connectivity index (χ4n) is 3.57. The van der Waals surface area contributed by atoms with E-state index in [1.165, 1.54) is 23.9 Å².